The Kier molecular flexibility index (Phi) is 6.85. The van der Waals surface area contributed by atoms with Crippen LogP contribution in [0.3, 0.4) is 0 Å². The second-order valence-electron chi connectivity index (χ2n) is 11.8. The number of halogens is 1. The minimum atomic E-state index is -1.17. The van der Waals surface area contributed by atoms with Gasteiger partial charge in [-0.15, -0.1) is 0 Å². The molecule has 6 rings (SSSR count). The van der Waals surface area contributed by atoms with E-state index in [1.54, 1.807) is 12.3 Å². The smallest absolute Gasteiger partial charge is 0.271 e. The van der Waals surface area contributed by atoms with Crippen molar-refractivity contribution in [3.05, 3.63) is 51.4 Å². The van der Waals surface area contributed by atoms with E-state index >= 15 is 0 Å². The zero-order chi connectivity index (χ0) is 26.6. The van der Waals surface area contributed by atoms with Crippen molar-refractivity contribution in [2.75, 3.05) is 18.4 Å². The first-order valence-electron chi connectivity index (χ1n) is 13.9. The summed E-state index contributed by atoms with van der Waals surface area (Å²) in [4.78, 5) is 23.4. The number of piperidine rings is 1. The SMILES string of the molecule is Cc1cc(S(=O)N2CCC(C(C)C)CC2)ccc1Nc1ncc2cc(Cl)c(=O)n(C3CCCC34CC4)c2n1. The standard InChI is InChI=1S/C29H36ClN5O2S/c1-18(2)20-8-13-34(14-9-20)38(37)22-6-7-24(19(3)15-22)32-28-31-17-21-16-23(30)27(36)35(26(21)33-28)25-5-4-10-29(25)11-12-29/h6-7,15-18,20,25H,4-5,8-14H2,1-3H3,(H,31,32,33). The maximum atomic E-state index is 13.3. The van der Waals surface area contributed by atoms with Gasteiger partial charge < -0.3 is 5.32 Å². The molecule has 202 valence electrons. The molecule has 0 radical (unpaired) electrons. The lowest BCUT2D eigenvalue weighted by Gasteiger charge is -2.32. The molecule has 1 aliphatic heterocycles. The van der Waals surface area contributed by atoms with E-state index in [0.717, 1.165) is 85.5 Å². The van der Waals surface area contributed by atoms with Gasteiger partial charge in [0.05, 0.1) is 4.90 Å². The van der Waals surface area contributed by atoms with Gasteiger partial charge in [-0.2, -0.15) is 4.98 Å². The maximum Gasteiger partial charge on any atom is 0.271 e. The molecule has 2 saturated carbocycles. The molecule has 2 aliphatic carbocycles. The molecule has 3 heterocycles. The zero-order valence-electron chi connectivity index (χ0n) is 22.4. The fourth-order valence-electron chi connectivity index (χ4n) is 6.57. The van der Waals surface area contributed by atoms with Crippen LogP contribution in [-0.2, 0) is 11.0 Å². The average molecular weight is 554 g/mol. The lowest BCUT2D eigenvalue weighted by atomic mass is 9.87. The van der Waals surface area contributed by atoms with E-state index in [2.05, 4.69) is 28.5 Å². The van der Waals surface area contributed by atoms with Crippen LogP contribution in [0.5, 0.6) is 0 Å². The van der Waals surface area contributed by atoms with E-state index in [1.165, 1.54) is 0 Å². The first-order chi connectivity index (χ1) is 18.3. The van der Waals surface area contributed by atoms with Gasteiger partial charge in [0, 0.05) is 36.4 Å². The number of nitrogens with zero attached hydrogens (tertiary/aromatic N) is 4. The topological polar surface area (TPSA) is 80.1 Å². The van der Waals surface area contributed by atoms with E-state index in [4.69, 9.17) is 16.6 Å². The van der Waals surface area contributed by atoms with Gasteiger partial charge in [-0.1, -0.05) is 31.9 Å². The van der Waals surface area contributed by atoms with Crippen molar-refractivity contribution < 1.29 is 4.21 Å². The number of hydrogen-bond donors (Lipinski definition) is 1. The fraction of sp³-hybridized carbons (Fsp3) is 0.552. The van der Waals surface area contributed by atoms with Crippen molar-refractivity contribution in [3.63, 3.8) is 0 Å². The highest BCUT2D eigenvalue weighted by atomic mass is 35.5. The van der Waals surface area contributed by atoms with Crippen LogP contribution in [0.15, 0.2) is 40.2 Å². The van der Waals surface area contributed by atoms with Crippen LogP contribution in [0, 0.1) is 24.2 Å². The van der Waals surface area contributed by atoms with Gasteiger partial charge in [0.1, 0.15) is 21.7 Å². The quantitative estimate of drug-likeness (QED) is 0.382. The molecule has 7 nitrogen and oxygen atoms in total. The molecule has 9 heteroatoms. The normalized spacial score (nSPS) is 22.4. The van der Waals surface area contributed by atoms with Gasteiger partial charge in [0.25, 0.3) is 5.56 Å². The fourth-order valence-corrected chi connectivity index (χ4v) is 8.08. The number of fused-ring (bicyclic) bond motifs is 1. The Morgan fingerprint density at radius 3 is 2.58 bits per heavy atom. The number of hydrogen-bond acceptors (Lipinski definition) is 5. The molecule has 3 aliphatic rings. The third kappa shape index (κ3) is 4.69. The molecule has 3 aromatic rings. The van der Waals surface area contributed by atoms with Crippen LogP contribution < -0.4 is 10.9 Å². The first kappa shape index (κ1) is 26.0. The Morgan fingerprint density at radius 2 is 1.89 bits per heavy atom. The predicted molar refractivity (Wildman–Crippen MR) is 153 cm³/mol. The van der Waals surface area contributed by atoms with Gasteiger partial charge in [-0.25, -0.2) is 13.5 Å². The molecule has 1 spiro atoms. The van der Waals surface area contributed by atoms with Crippen molar-refractivity contribution >= 4 is 45.3 Å². The number of benzene rings is 1. The molecule has 3 fully saturated rings. The van der Waals surface area contributed by atoms with Gasteiger partial charge in [-0.3, -0.25) is 9.36 Å². The summed E-state index contributed by atoms with van der Waals surface area (Å²) in [7, 11) is -1.17. The van der Waals surface area contributed by atoms with Crippen LogP contribution in [-0.4, -0.2) is 36.1 Å². The van der Waals surface area contributed by atoms with Gasteiger partial charge in [0.15, 0.2) is 0 Å². The van der Waals surface area contributed by atoms with Crippen LogP contribution in [0.2, 0.25) is 5.02 Å². The molecule has 1 saturated heterocycles. The summed E-state index contributed by atoms with van der Waals surface area (Å²) in [6.45, 7) is 8.29. The van der Waals surface area contributed by atoms with E-state index in [0.29, 0.717) is 17.5 Å². The third-order valence-corrected chi connectivity index (χ3v) is 10.9. The Labute approximate surface area is 231 Å². The monoisotopic (exact) mass is 553 g/mol. The van der Waals surface area contributed by atoms with Gasteiger partial charge >= 0.3 is 0 Å². The zero-order valence-corrected chi connectivity index (χ0v) is 23.9. The maximum absolute atomic E-state index is 13.3. The third-order valence-electron chi connectivity index (χ3n) is 9.11. The lowest BCUT2D eigenvalue weighted by molar-refractivity contribution is 0.232. The Balaban J connectivity index is 1.25. The molecule has 2 unspecified atom stereocenters. The molecule has 0 amide bonds. The summed E-state index contributed by atoms with van der Waals surface area (Å²) in [5.41, 5.74) is 2.52. The van der Waals surface area contributed by atoms with Crippen molar-refractivity contribution in [2.45, 2.75) is 76.7 Å². The van der Waals surface area contributed by atoms with Gasteiger partial charge in [-0.05, 0) is 92.5 Å². The van der Waals surface area contributed by atoms with E-state index in [9.17, 15) is 9.00 Å². The number of aryl methyl sites for hydroxylation is 1. The molecule has 38 heavy (non-hydrogen) atoms. The van der Waals surface area contributed by atoms with E-state index < -0.39 is 11.0 Å². The van der Waals surface area contributed by atoms with E-state index in [-0.39, 0.29) is 22.0 Å². The minimum Gasteiger partial charge on any atom is -0.324 e. The number of aromatic nitrogens is 3. The second kappa shape index (κ2) is 10.0. The van der Waals surface area contributed by atoms with Crippen LogP contribution in [0.25, 0.3) is 11.0 Å². The summed E-state index contributed by atoms with van der Waals surface area (Å²) >= 11 is 6.36. The molecular weight excluding hydrogens is 518 g/mol. The van der Waals surface area contributed by atoms with Crippen molar-refractivity contribution in [3.8, 4) is 0 Å². The second-order valence-corrected chi connectivity index (χ2v) is 13.7. The molecule has 1 N–H and O–H groups in total. The summed E-state index contributed by atoms with van der Waals surface area (Å²) in [6, 6.07) is 7.67. The van der Waals surface area contributed by atoms with Crippen LogP contribution >= 0.6 is 11.6 Å². The molecule has 2 aromatic heterocycles. The van der Waals surface area contributed by atoms with Crippen molar-refractivity contribution in [1.29, 1.82) is 0 Å². The predicted octanol–water partition coefficient (Wildman–Crippen LogP) is 6.39. The molecule has 2 atom stereocenters. The summed E-state index contributed by atoms with van der Waals surface area (Å²) < 4.78 is 17.2. The van der Waals surface area contributed by atoms with Crippen LogP contribution in [0.4, 0.5) is 11.6 Å². The highest BCUT2D eigenvalue weighted by Crippen LogP contribution is 2.63. The molecular formula is C29H36ClN5O2S. The van der Waals surface area contributed by atoms with Crippen LogP contribution in [0.1, 0.15) is 70.4 Å². The number of anilines is 2. The van der Waals surface area contributed by atoms with Crippen molar-refractivity contribution in [2.24, 2.45) is 17.3 Å². The average Bonchev–Trinajstić information content (AvgIpc) is 3.58. The largest absolute Gasteiger partial charge is 0.324 e. The lowest BCUT2D eigenvalue weighted by Crippen LogP contribution is -2.36. The Bertz CT molecular complexity index is 1460. The number of nitrogens with one attached hydrogen (secondary N) is 1. The molecule has 0 bridgehead atoms. The highest BCUT2D eigenvalue weighted by Gasteiger charge is 2.53. The van der Waals surface area contributed by atoms with E-state index in [1.807, 2.05) is 29.7 Å². The summed E-state index contributed by atoms with van der Waals surface area (Å²) in [6.07, 6.45) is 9.53. The highest BCUT2D eigenvalue weighted by molar-refractivity contribution is 7.82. The summed E-state index contributed by atoms with van der Waals surface area (Å²) in [5.74, 6) is 1.83. The van der Waals surface area contributed by atoms with Gasteiger partial charge in [0.2, 0.25) is 5.95 Å². The van der Waals surface area contributed by atoms with Crippen molar-refractivity contribution in [1.82, 2.24) is 18.8 Å². The number of rotatable bonds is 6. The minimum absolute atomic E-state index is 0.139. The Morgan fingerprint density at radius 1 is 1.13 bits per heavy atom. The Hall–Kier alpha value is -2.29. The number of pyridine rings is 1. The first-order valence-corrected chi connectivity index (χ1v) is 15.4. The summed E-state index contributed by atoms with van der Waals surface area (Å²) in [5, 5.41) is 4.32. The molecule has 1 aromatic carbocycles.